The quantitative estimate of drug-likeness (QED) is 0.577. The second-order valence-electron chi connectivity index (χ2n) is 1.94. The number of nitrogens with two attached hydrogens (primary N) is 1. The third-order valence-corrected chi connectivity index (χ3v) is 0.988. The Balaban J connectivity index is 0. The van der Waals surface area contributed by atoms with E-state index in [0.717, 1.165) is 0 Å². The van der Waals surface area contributed by atoms with E-state index in [-0.39, 0.29) is 12.4 Å². The number of hydrogen-bond donors (Lipinski definition) is 1. The molecule has 0 aromatic rings. The summed E-state index contributed by atoms with van der Waals surface area (Å²) in [6.45, 7) is 7.79. The Morgan fingerprint density at radius 2 is 1.45 bits per heavy atom. The van der Waals surface area contributed by atoms with Gasteiger partial charge in [0, 0.05) is 23.2 Å². The van der Waals surface area contributed by atoms with Crippen molar-refractivity contribution in [2.45, 2.75) is 0 Å². The van der Waals surface area contributed by atoms with Crippen LogP contribution in [0.3, 0.4) is 0 Å². The van der Waals surface area contributed by atoms with Crippen LogP contribution in [-0.4, -0.2) is 18.1 Å². The molecule has 0 aliphatic heterocycles. The Morgan fingerprint density at radius 3 is 1.64 bits per heavy atom. The first-order valence-electron chi connectivity index (χ1n) is 2.68. The fraction of sp³-hybridized carbons (Fsp3) is 0.333. The SMILES string of the molecule is C=C(Cl)CN(N)CC(=C)Cl.Cl. The normalized spacial score (nSPS) is 9.09. The lowest BCUT2D eigenvalue weighted by Gasteiger charge is -2.13. The van der Waals surface area contributed by atoms with Crippen molar-refractivity contribution in [1.29, 1.82) is 0 Å². The van der Waals surface area contributed by atoms with Gasteiger partial charge in [0.2, 0.25) is 0 Å². The zero-order valence-electron chi connectivity index (χ0n) is 6.02. The number of hydrazine groups is 1. The maximum atomic E-state index is 5.47. The van der Waals surface area contributed by atoms with Crippen LogP contribution in [0, 0.1) is 0 Å². The number of nitrogens with zero attached hydrogens (tertiary/aromatic N) is 1. The molecule has 0 aromatic heterocycles. The summed E-state index contributed by atoms with van der Waals surface area (Å²) >= 11 is 10.9. The van der Waals surface area contributed by atoms with Gasteiger partial charge in [0.15, 0.2) is 0 Å². The Bertz CT molecular complexity index is 131. The molecule has 0 spiro atoms. The molecule has 0 saturated heterocycles. The smallest absolute Gasteiger partial charge is 0.0485 e. The van der Waals surface area contributed by atoms with E-state index in [0.29, 0.717) is 23.2 Å². The average molecular weight is 218 g/mol. The third-order valence-electron chi connectivity index (χ3n) is 0.749. The van der Waals surface area contributed by atoms with Crippen LogP contribution in [0.2, 0.25) is 0 Å². The molecule has 5 heteroatoms. The van der Waals surface area contributed by atoms with E-state index in [1.807, 2.05) is 0 Å². The minimum atomic E-state index is 0. The number of hydrogen-bond acceptors (Lipinski definition) is 2. The van der Waals surface area contributed by atoms with Gasteiger partial charge in [-0.15, -0.1) is 12.4 Å². The van der Waals surface area contributed by atoms with Gasteiger partial charge in [-0.05, 0) is 0 Å². The molecular weight excluding hydrogens is 206 g/mol. The zero-order valence-corrected chi connectivity index (χ0v) is 8.35. The van der Waals surface area contributed by atoms with E-state index in [1.165, 1.54) is 5.01 Å². The Hall–Kier alpha value is 0.270. The second kappa shape index (κ2) is 6.95. The minimum absolute atomic E-state index is 0. The molecule has 0 aromatic carbocycles. The van der Waals surface area contributed by atoms with Gasteiger partial charge >= 0.3 is 0 Å². The topological polar surface area (TPSA) is 29.3 Å². The summed E-state index contributed by atoms with van der Waals surface area (Å²) in [5.74, 6) is 5.42. The summed E-state index contributed by atoms with van der Waals surface area (Å²) in [7, 11) is 0. The molecule has 0 radical (unpaired) electrons. The van der Waals surface area contributed by atoms with Gasteiger partial charge in [-0.2, -0.15) is 0 Å². The predicted octanol–water partition coefficient (Wildman–Crippen LogP) is 2.09. The Morgan fingerprint density at radius 1 is 1.18 bits per heavy atom. The molecule has 0 rings (SSSR count). The fourth-order valence-electron chi connectivity index (χ4n) is 0.497. The summed E-state index contributed by atoms with van der Waals surface area (Å²) in [6.07, 6.45) is 0. The largest absolute Gasteiger partial charge is 0.268 e. The van der Waals surface area contributed by atoms with Gasteiger partial charge in [-0.1, -0.05) is 36.4 Å². The van der Waals surface area contributed by atoms with Gasteiger partial charge < -0.3 is 0 Å². The Labute approximate surface area is 83.0 Å². The molecule has 2 N–H and O–H groups in total. The van der Waals surface area contributed by atoms with E-state index in [1.54, 1.807) is 0 Å². The van der Waals surface area contributed by atoms with E-state index < -0.39 is 0 Å². The molecule has 0 bridgehead atoms. The molecule has 0 heterocycles. The predicted molar refractivity (Wildman–Crippen MR) is 53.0 cm³/mol. The first kappa shape index (κ1) is 13.8. The van der Waals surface area contributed by atoms with Crippen molar-refractivity contribution in [2.24, 2.45) is 5.84 Å². The van der Waals surface area contributed by atoms with E-state index in [4.69, 9.17) is 29.0 Å². The highest BCUT2D eigenvalue weighted by Gasteiger charge is 1.99. The summed E-state index contributed by atoms with van der Waals surface area (Å²) in [5, 5.41) is 2.41. The van der Waals surface area contributed by atoms with E-state index in [9.17, 15) is 0 Å². The monoisotopic (exact) mass is 216 g/mol. The Kier molecular flexibility index (Phi) is 8.74. The van der Waals surface area contributed by atoms with Crippen LogP contribution < -0.4 is 5.84 Å². The van der Waals surface area contributed by atoms with Crippen LogP contribution in [0.15, 0.2) is 23.2 Å². The maximum Gasteiger partial charge on any atom is 0.0485 e. The standard InChI is InChI=1S/C6H10Cl2N2.ClH/c1-5(7)3-10(9)4-6(2)8;/h1-4,9H2;1H. The molecule has 0 aliphatic carbocycles. The van der Waals surface area contributed by atoms with E-state index >= 15 is 0 Å². The molecular formula is C6H11Cl3N2. The van der Waals surface area contributed by atoms with Gasteiger partial charge in [-0.3, -0.25) is 5.84 Å². The van der Waals surface area contributed by atoms with Crippen molar-refractivity contribution in [3.05, 3.63) is 23.2 Å². The summed E-state index contributed by atoms with van der Waals surface area (Å²) in [4.78, 5) is 0. The van der Waals surface area contributed by atoms with Gasteiger partial charge in [0.1, 0.15) is 0 Å². The van der Waals surface area contributed by atoms with Crippen LogP contribution in [-0.2, 0) is 0 Å². The average Bonchev–Trinajstić information content (AvgIpc) is 1.58. The van der Waals surface area contributed by atoms with Gasteiger partial charge in [0.25, 0.3) is 0 Å². The van der Waals surface area contributed by atoms with Crippen molar-refractivity contribution in [3.8, 4) is 0 Å². The molecule has 2 nitrogen and oxygen atoms in total. The third kappa shape index (κ3) is 10.3. The summed E-state index contributed by atoms with van der Waals surface area (Å²) in [5.41, 5.74) is 0. The highest BCUT2D eigenvalue weighted by Crippen LogP contribution is 2.01. The van der Waals surface area contributed by atoms with Crippen LogP contribution in [0.25, 0.3) is 0 Å². The van der Waals surface area contributed by atoms with Crippen LogP contribution >= 0.6 is 35.6 Å². The highest BCUT2D eigenvalue weighted by atomic mass is 35.5. The van der Waals surface area contributed by atoms with Crippen molar-refractivity contribution >= 4 is 35.6 Å². The molecule has 0 atom stereocenters. The molecule has 0 aliphatic rings. The zero-order chi connectivity index (χ0) is 8.15. The first-order valence-corrected chi connectivity index (χ1v) is 3.44. The van der Waals surface area contributed by atoms with Crippen molar-refractivity contribution in [1.82, 2.24) is 5.01 Å². The second-order valence-corrected chi connectivity index (χ2v) is 3.01. The van der Waals surface area contributed by atoms with Crippen molar-refractivity contribution in [2.75, 3.05) is 13.1 Å². The maximum absolute atomic E-state index is 5.47. The van der Waals surface area contributed by atoms with Crippen molar-refractivity contribution < 1.29 is 0 Å². The number of rotatable bonds is 4. The highest BCUT2D eigenvalue weighted by molar-refractivity contribution is 6.30. The lowest BCUT2D eigenvalue weighted by Crippen LogP contribution is -2.33. The van der Waals surface area contributed by atoms with Crippen molar-refractivity contribution in [3.63, 3.8) is 0 Å². The van der Waals surface area contributed by atoms with Crippen LogP contribution in [0.5, 0.6) is 0 Å². The molecule has 0 saturated carbocycles. The number of halogens is 3. The molecule has 0 amide bonds. The molecule has 11 heavy (non-hydrogen) atoms. The molecule has 0 fully saturated rings. The van der Waals surface area contributed by atoms with Gasteiger partial charge in [-0.25, -0.2) is 5.01 Å². The lowest BCUT2D eigenvalue weighted by atomic mass is 10.5. The lowest BCUT2D eigenvalue weighted by molar-refractivity contribution is 0.345. The van der Waals surface area contributed by atoms with Crippen LogP contribution in [0.1, 0.15) is 0 Å². The summed E-state index contributed by atoms with van der Waals surface area (Å²) < 4.78 is 0. The van der Waals surface area contributed by atoms with E-state index in [2.05, 4.69) is 13.2 Å². The minimum Gasteiger partial charge on any atom is -0.268 e. The summed E-state index contributed by atoms with van der Waals surface area (Å²) in [6, 6.07) is 0. The van der Waals surface area contributed by atoms with Gasteiger partial charge in [0.05, 0.1) is 0 Å². The van der Waals surface area contributed by atoms with Crippen LogP contribution in [0.4, 0.5) is 0 Å². The molecule has 66 valence electrons. The fourth-order valence-corrected chi connectivity index (χ4v) is 0.804. The molecule has 0 unspecified atom stereocenters. The first-order chi connectivity index (χ1) is 4.52.